The van der Waals surface area contributed by atoms with E-state index in [2.05, 4.69) is 17.1 Å². The van der Waals surface area contributed by atoms with Crippen LogP contribution in [0.1, 0.15) is 26.2 Å². The fourth-order valence-corrected chi connectivity index (χ4v) is 2.72. The number of aliphatic hydroxyl groups excluding tert-OH is 1. The summed E-state index contributed by atoms with van der Waals surface area (Å²) in [7, 11) is 0. The van der Waals surface area contributed by atoms with Crippen LogP contribution in [0.2, 0.25) is 0 Å². The minimum Gasteiger partial charge on any atom is -0.392 e. The van der Waals surface area contributed by atoms with Crippen molar-refractivity contribution in [3.63, 3.8) is 0 Å². The van der Waals surface area contributed by atoms with Gasteiger partial charge in [-0.3, -0.25) is 4.90 Å². The van der Waals surface area contributed by atoms with Gasteiger partial charge in [-0.1, -0.05) is 0 Å². The summed E-state index contributed by atoms with van der Waals surface area (Å²) in [5.41, 5.74) is 0. The Morgan fingerprint density at radius 2 is 2.12 bits per heavy atom. The molecule has 3 atom stereocenters. The number of rotatable bonds is 4. The van der Waals surface area contributed by atoms with Gasteiger partial charge in [0, 0.05) is 31.7 Å². The highest BCUT2D eigenvalue weighted by atomic mass is 16.5. The topological polar surface area (TPSA) is 44.7 Å². The molecule has 1 aliphatic carbocycles. The minimum absolute atomic E-state index is 0.132. The van der Waals surface area contributed by atoms with Gasteiger partial charge in [0.1, 0.15) is 0 Å². The van der Waals surface area contributed by atoms with Crippen LogP contribution in [0, 0.1) is 0 Å². The summed E-state index contributed by atoms with van der Waals surface area (Å²) in [6.07, 6.45) is 3.10. The first-order valence-corrected chi connectivity index (χ1v) is 6.50. The fourth-order valence-electron chi connectivity index (χ4n) is 2.72. The number of hydrogen-bond donors (Lipinski definition) is 2. The van der Waals surface area contributed by atoms with Crippen molar-refractivity contribution in [2.45, 2.75) is 44.4 Å². The maximum atomic E-state index is 9.75. The molecule has 0 radical (unpaired) electrons. The van der Waals surface area contributed by atoms with Gasteiger partial charge in [-0.25, -0.2) is 0 Å². The molecule has 94 valence electrons. The third-order valence-corrected chi connectivity index (χ3v) is 3.61. The van der Waals surface area contributed by atoms with E-state index in [4.69, 9.17) is 4.74 Å². The number of nitrogens with zero attached hydrogens (tertiary/aromatic N) is 1. The summed E-state index contributed by atoms with van der Waals surface area (Å²) in [5.74, 6) is 0. The summed E-state index contributed by atoms with van der Waals surface area (Å²) < 4.78 is 5.33. The first kappa shape index (κ1) is 12.3. The Bertz CT molecular complexity index is 207. The Kier molecular flexibility index (Phi) is 4.58. The van der Waals surface area contributed by atoms with Crippen molar-refractivity contribution in [1.82, 2.24) is 10.2 Å². The molecule has 0 spiro atoms. The van der Waals surface area contributed by atoms with Gasteiger partial charge in [0.25, 0.3) is 0 Å². The molecule has 1 saturated heterocycles. The maximum Gasteiger partial charge on any atom is 0.0693 e. The molecule has 0 bridgehead atoms. The molecule has 2 aliphatic rings. The number of nitrogens with one attached hydrogen (secondary N) is 1. The smallest absolute Gasteiger partial charge is 0.0693 e. The van der Waals surface area contributed by atoms with E-state index in [0.717, 1.165) is 52.1 Å². The lowest BCUT2D eigenvalue weighted by molar-refractivity contribution is 0.0326. The van der Waals surface area contributed by atoms with E-state index in [0.29, 0.717) is 12.1 Å². The van der Waals surface area contributed by atoms with Crippen LogP contribution < -0.4 is 5.32 Å². The molecule has 4 heteroatoms. The molecule has 2 N–H and O–H groups in total. The van der Waals surface area contributed by atoms with Gasteiger partial charge in [0.2, 0.25) is 0 Å². The van der Waals surface area contributed by atoms with Crippen molar-refractivity contribution in [2.75, 3.05) is 32.8 Å². The van der Waals surface area contributed by atoms with Crippen LogP contribution in [0.4, 0.5) is 0 Å². The minimum atomic E-state index is -0.132. The van der Waals surface area contributed by atoms with Crippen molar-refractivity contribution < 1.29 is 9.84 Å². The second-order valence-electron chi connectivity index (χ2n) is 5.09. The lowest BCUT2D eigenvalue weighted by Gasteiger charge is -2.31. The fraction of sp³-hybridized carbons (Fsp3) is 1.00. The van der Waals surface area contributed by atoms with Gasteiger partial charge in [-0.2, -0.15) is 0 Å². The zero-order valence-electron chi connectivity index (χ0n) is 10.2. The summed E-state index contributed by atoms with van der Waals surface area (Å²) in [6, 6.07) is 0.770. The lowest BCUT2D eigenvalue weighted by atomic mass is 10.2. The van der Waals surface area contributed by atoms with Crippen LogP contribution in [0.5, 0.6) is 0 Å². The van der Waals surface area contributed by atoms with Crippen LogP contribution in [0.3, 0.4) is 0 Å². The van der Waals surface area contributed by atoms with E-state index in [-0.39, 0.29) is 6.10 Å². The standard InChI is InChI=1S/C12H24N2O2/c1-10(9-14-5-7-16-8-6-14)13-11-3-2-4-12(11)15/h10-13,15H,2-9H2,1H3/t10?,11-,12-/m0/s1. The quantitative estimate of drug-likeness (QED) is 0.722. The van der Waals surface area contributed by atoms with Gasteiger partial charge in [-0.05, 0) is 26.2 Å². The summed E-state index contributed by atoms with van der Waals surface area (Å²) in [6.45, 7) is 7.07. The molecule has 0 aromatic carbocycles. The molecular weight excluding hydrogens is 204 g/mol. The lowest BCUT2D eigenvalue weighted by Crippen LogP contribution is -2.48. The van der Waals surface area contributed by atoms with Crippen LogP contribution in [0.15, 0.2) is 0 Å². The molecule has 1 saturated carbocycles. The Balaban J connectivity index is 1.68. The predicted molar refractivity (Wildman–Crippen MR) is 63.5 cm³/mol. The van der Waals surface area contributed by atoms with E-state index in [1.165, 1.54) is 0 Å². The molecular formula is C12H24N2O2. The highest BCUT2D eigenvalue weighted by molar-refractivity contribution is 4.85. The number of aliphatic hydroxyl groups is 1. The summed E-state index contributed by atoms with van der Waals surface area (Å²) >= 11 is 0. The van der Waals surface area contributed by atoms with E-state index in [9.17, 15) is 5.11 Å². The van der Waals surface area contributed by atoms with Crippen LogP contribution in [0.25, 0.3) is 0 Å². The van der Waals surface area contributed by atoms with Crippen molar-refractivity contribution in [1.29, 1.82) is 0 Å². The highest BCUT2D eigenvalue weighted by Gasteiger charge is 2.26. The van der Waals surface area contributed by atoms with Crippen LogP contribution >= 0.6 is 0 Å². The van der Waals surface area contributed by atoms with Gasteiger partial charge in [-0.15, -0.1) is 0 Å². The molecule has 16 heavy (non-hydrogen) atoms. The van der Waals surface area contributed by atoms with Gasteiger partial charge < -0.3 is 15.2 Å². The highest BCUT2D eigenvalue weighted by Crippen LogP contribution is 2.19. The first-order chi connectivity index (χ1) is 7.75. The van der Waals surface area contributed by atoms with Gasteiger partial charge in [0.05, 0.1) is 19.3 Å². The number of morpholine rings is 1. The van der Waals surface area contributed by atoms with E-state index < -0.39 is 0 Å². The maximum absolute atomic E-state index is 9.75. The van der Waals surface area contributed by atoms with E-state index >= 15 is 0 Å². The molecule has 0 aromatic heterocycles. The second kappa shape index (κ2) is 5.96. The SMILES string of the molecule is CC(CN1CCOCC1)N[C@H]1CCC[C@@H]1O. The Morgan fingerprint density at radius 3 is 2.75 bits per heavy atom. The molecule has 1 heterocycles. The normalized spacial score (nSPS) is 34.1. The largest absolute Gasteiger partial charge is 0.392 e. The molecule has 2 fully saturated rings. The van der Waals surface area contributed by atoms with Gasteiger partial charge in [0.15, 0.2) is 0 Å². The Labute approximate surface area is 98.0 Å². The Morgan fingerprint density at radius 1 is 1.38 bits per heavy atom. The third-order valence-electron chi connectivity index (χ3n) is 3.61. The molecule has 1 unspecified atom stereocenters. The average molecular weight is 228 g/mol. The molecule has 1 aliphatic heterocycles. The van der Waals surface area contributed by atoms with E-state index in [1.54, 1.807) is 0 Å². The monoisotopic (exact) mass is 228 g/mol. The Hall–Kier alpha value is -0.160. The van der Waals surface area contributed by atoms with Crippen LogP contribution in [-0.4, -0.2) is 61.0 Å². The zero-order chi connectivity index (χ0) is 11.4. The number of ether oxygens (including phenoxy) is 1. The average Bonchev–Trinajstić information content (AvgIpc) is 2.66. The van der Waals surface area contributed by atoms with Crippen molar-refractivity contribution >= 4 is 0 Å². The predicted octanol–water partition coefficient (Wildman–Crippen LogP) is 0.210. The van der Waals surface area contributed by atoms with Gasteiger partial charge >= 0.3 is 0 Å². The molecule has 4 nitrogen and oxygen atoms in total. The summed E-state index contributed by atoms with van der Waals surface area (Å²) in [4.78, 5) is 2.43. The van der Waals surface area contributed by atoms with Crippen molar-refractivity contribution in [2.24, 2.45) is 0 Å². The third kappa shape index (κ3) is 3.42. The summed E-state index contributed by atoms with van der Waals surface area (Å²) in [5, 5.41) is 13.3. The number of hydrogen-bond acceptors (Lipinski definition) is 4. The second-order valence-corrected chi connectivity index (χ2v) is 5.09. The van der Waals surface area contributed by atoms with E-state index in [1.807, 2.05) is 0 Å². The zero-order valence-corrected chi connectivity index (χ0v) is 10.2. The molecule has 0 amide bonds. The first-order valence-electron chi connectivity index (χ1n) is 6.50. The van der Waals surface area contributed by atoms with Crippen LogP contribution in [-0.2, 0) is 4.74 Å². The van der Waals surface area contributed by atoms with Crippen molar-refractivity contribution in [3.8, 4) is 0 Å². The van der Waals surface area contributed by atoms with Crippen molar-refractivity contribution in [3.05, 3.63) is 0 Å². The molecule has 0 aromatic rings. The molecule has 2 rings (SSSR count).